The van der Waals surface area contributed by atoms with Crippen LogP contribution < -0.4 is 10.3 Å². The molecule has 0 saturated carbocycles. The first-order chi connectivity index (χ1) is 12.5. The van der Waals surface area contributed by atoms with E-state index in [1.165, 1.54) is 0 Å². The van der Waals surface area contributed by atoms with Gasteiger partial charge in [0.05, 0.1) is 11.9 Å². The summed E-state index contributed by atoms with van der Waals surface area (Å²) in [6.07, 6.45) is 3.56. The molecule has 1 N–H and O–H groups in total. The van der Waals surface area contributed by atoms with Gasteiger partial charge in [-0.15, -0.1) is 0 Å². The Bertz CT molecular complexity index is 929. The summed E-state index contributed by atoms with van der Waals surface area (Å²) in [5, 5.41) is 4.57. The zero-order valence-electron chi connectivity index (χ0n) is 14.6. The van der Waals surface area contributed by atoms with Crippen LogP contribution in [-0.4, -0.2) is 30.8 Å². The molecular formula is C20H19ClN4O. The fraction of sp³-hybridized carbons (Fsp3) is 0.100. The maximum absolute atomic E-state index is 12.1. The van der Waals surface area contributed by atoms with Crippen LogP contribution in [0.5, 0.6) is 0 Å². The number of halogens is 1. The standard InChI is InChI=1S/C20H19ClN4O/c1-24(2)17-8-10-18(11-9-17)25-12-4-7-19(25)14-22-23-20(26)15-5-3-6-16(21)13-15/h3-14H,1-2H3,(H,23,26). The summed E-state index contributed by atoms with van der Waals surface area (Å²) in [6.45, 7) is 0. The third-order valence-electron chi connectivity index (χ3n) is 3.87. The van der Waals surface area contributed by atoms with Gasteiger partial charge in [0.1, 0.15) is 0 Å². The minimum atomic E-state index is -0.308. The quantitative estimate of drug-likeness (QED) is 0.549. The van der Waals surface area contributed by atoms with Gasteiger partial charge in [-0.1, -0.05) is 17.7 Å². The Morgan fingerprint density at radius 2 is 1.88 bits per heavy atom. The zero-order valence-corrected chi connectivity index (χ0v) is 15.3. The van der Waals surface area contributed by atoms with Crippen molar-refractivity contribution in [3.8, 4) is 5.69 Å². The monoisotopic (exact) mass is 366 g/mol. The smallest absolute Gasteiger partial charge is 0.271 e. The molecule has 0 aliphatic carbocycles. The number of rotatable bonds is 5. The highest BCUT2D eigenvalue weighted by molar-refractivity contribution is 6.30. The van der Waals surface area contributed by atoms with Crippen molar-refractivity contribution in [2.45, 2.75) is 0 Å². The average Bonchev–Trinajstić information content (AvgIpc) is 3.10. The van der Waals surface area contributed by atoms with Crippen LogP contribution in [0.25, 0.3) is 5.69 Å². The largest absolute Gasteiger partial charge is 0.378 e. The van der Waals surface area contributed by atoms with E-state index in [9.17, 15) is 4.79 Å². The van der Waals surface area contributed by atoms with E-state index in [1.807, 2.05) is 54.0 Å². The van der Waals surface area contributed by atoms with Gasteiger partial charge >= 0.3 is 0 Å². The van der Waals surface area contributed by atoms with Crippen LogP contribution in [0, 0.1) is 0 Å². The number of hydrazone groups is 1. The fourth-order valence-corrected chi connectivity index (χ4v) is 2.69. The van der Waals surface area contributed by atoms with Crippen LogP contribution in [0.3, 0.4) is 0 Å². The van der Waals surface area contributed by atoms with Gasteiger partial charge in [0.25, 0.3) is 5.91 Å². The third-order valence-corrected chi connectivity index (χ3v) is 4.11. The average molecular weight is 367 g/mol. The molecule has 132 valence electrons. The lowest BCUT2D eigenvalue weighted by molar-refractivity contribution is 0.0955. The van der Waals surface area contributed by atoms with E-state index in [1.54, 1.807) is 30.5 Å². The van der Waals surface area contributed by atoms with Crippen LogP contribution >= 0.6 is 11.6 Å². The van der Waals surface area contributed by atoms with Crippen LogP contribution in [0.15, 0.2) is 72.0 Å². The minimum absolute atomic E-state index is 0.308. The van der Waals surface area contributed by atoms with E-state index in [2.05, 4.69) is 22.7 Å². The van der Waals surface area contributed by atoms with Crippen LogP contribution in [-0.2, 0) is 0 Å². The van der Waals surface area contributed by atoms with Crippen molar-refractivity contribution >= 4 is 29.4 Å². The number of aromatic nitrogens is 1. The Morgan fingerprint density at radius 1 is 1.12 bits per heavy atom. The van der Waals surface area contributed by atoms with E-state index in [-0.39, 0.29) is 5.91 Å². The predicted molar refractivity (Wildman–Crippen MR) is 107 cm³/mol. The molecular weight excluding hydrogens is 348 g/mol. The molecule has 3 aromatic rings. The summed E-state index contributed by atoms with van der Waals surface area (Å²) in [5.41, 5.74) is 5.98. The van der Waals surface area contributed by atoms with Gasteiger partial charge < -0.3 is 9.47 Å². The second-order valence-corrected chi connectivity index (χ2v) is 6.36. The SMILES string of the molecule is CN(C)c1ccc(-n2cccc2C=NNC(=O)c2cccc(Cl)c2)cc1. The molecule has 0 fully saturated rings. The molecule has 0 saturated heterocycles. The Hall–Kier alpha value is -3.05. The highest BCUT2D eigenvalue weighted by Gasteiger charge is 2.05. The summed E-state index contributed by atoms with van der Waals surface area (Å²) >= 11 is 5.90. The number of benzene rings is 2. The molecule has 1 amide bonds. The highest BCUT2D eigenvalue weighted by Crippen LogP contribution is 2.17. The van der Waals surface area contributed by atoms with Crippen molar-refractivity contribution in [2.24, 2.45) is 5.10 Å². The number of carbonyl (C=O) groups is 1. The fourth-order valence-electron chi connectivity index (χ4n) is 2.50. The van der Waals surface area contributed by atoms with Crippen molar-refractivity contribution < 1.29 is 4.79 Å². The Balaban J connectivity index is 1.72. The second-order valence-electron chi connectivity index (χ2n) is 5.92. The molecule has 5 nitrogen and oxygen atoms in total. The van der Waals surface area contributed by atoms with Gasteiger partial charge in [0, 0.05) is 42.3 Å². The molecule has 2 aromatic carbocycles. The topological polar surface area (TPSA) is 49.6 Å². The molecule has 0 radical (unpaired) electrons. The molecule has 1 aromatic heterocycles. The number of anilines is 1. The molecule has 6 heteroatoms. The maximum Gasteiger partial charge on any atom is 0.271 e. The van der Waals surface area contributed by atoms with E-state index in [4.69, 9.17) is 11.6 Å². The third kappa shape index (κ3) is 4.13. The Labute approximate surface area is 157 Å². The van der Waals surface area contributed by atoms with E-state index in [0.29, 0.717) is 10.6 Å². The Kier molecular flexibility index (Phi) is 5.39. The minimum Gasteiger partial charge on any atom is -0.378 e. The molecule has 0 aliphatic rings. The van der Waals surface area contributed by atoms with Crippen LogP contribution in [0.1, 0.15) is 16.1 Å². The first-order valence-electron chi connectivity index (χ1n) is 8.09. The molecule has 0 spiro atoms. The lowest BCUT2D eigenvalue weighted by Crippen LogP contribution is -2.17. The molecule has 0 bridgehead atoms. The number of amides is 1. The van der Waals surface area contributed by atoms with Crippen LogP contribution in [0.4, 0.5) is 5.69 Å². The number of nitrogens with one attached hydrogen (secondary N) is 1. The number of carbonyl (C=O) groups excluding carboxylic acids is 1. The Morgan fingerprint density at radius 3 is 2.58 bits per heavy atom. The van der Waals surface area contributed by atoms with Gasteiger partial charge in [0.2, 0.25) is 0 Å². The summed E-state index contributed by atoms with van der Waals surface area (Å²) < 4.78 is 1.99. The summed E-state index contributed by atoms with van der Waals surface area (Å²) in [5.74, 6) is -0.308. The van der Waals surface area contributed by atoms with Gasteiger partial charge in [-0.25, -0.2) is 5.43 Å². The van der Waals surface area contributed by atoms with E-state index in [0.717, 1.165) is 17.1 Å². The van der Waals surface area contributed by atoms with Gasteiger partial charge in [-0.3, -0.25) is 4.79 Å². The lowest BCUT2D eigenvalue weighted by Gasteiger charge is -2.13. The molecule has 26 heavy (non-hydrogen) atoms. The first kappa shape index (κ1) is 17.8. The second kappa shape index (κ2) is 7.89. The van der Waals surface area contributed by atoms with Gasteiger partial charge in [-0.2, -0.15) is 5.10 Å². The number of hydrogen-bond donors (Lipinski definition) is 1. The van der Waals surface area contributed by atoms with Crippen molar-refractivity contribution in [3.05, 3.63) is 83.1 Å². The normalized spacial score (nSPS) is 10.9. The van der Waals surface area contributed by atoms with Crippen LogP contribution in [0.2, 0.25) is 5.02 Å². The van der Waals surface area contributed by atoms with Crippen molar-refractivity contribution in [1.29, 1.82) is 0 Å². The zero-order chi connectivity index (χ0) is 18.5. The van der Waals surface area contributed by atoms with Gasteiger partial charge in [-0.05, 0) is 54.6 Å². The van der Waals surface area contributed by atoms with Crippen molar-refractivity contribution in [1.82, 2.24) is 9.99 Å². The van der Waals surface area contributed by atoms with Gasteiger partial charge in [0.15, 0.2) is 0 Å². The molecule has 0 aliphatic heterocycles. The lowest BCUT2D eigenvalue weighted by atomic mass is 10.2. The summed E-state index contributed by atoms with van der Waals surface area (Å²) in [7, 11) is 4.01. The van der Waals surface area contributed by atoms with E-state index >= 15 is 0 Å². The highest BCUT2D eigenvalue weighted by atomic mass is 35.5. The summed E-state index contributed by atoms with van der Waals surface area (Å²) in [6, 6.07) is 18.8. The van der Waals surface area contributed by atoms with Crippen molar-refractivity contribution in [2.75, 3.05) is 19.0 Å². The molecule has 1 heterocycles. The molecule has 3 rings (SSSR count). The number of nitrogens with zero attached hydrogens (tertiary/aromatic N) is 3. The first-order valence-corrected chi connectivity index (χ1v) is 8.46. The summed E-state index contributed by atoms with van der Waals surface area (Å²) in [4.78, 5) is 14.1. The predicted octanol–water partition coefficient (Wildman–Crippen LogP) is 3.96. The van der Waals surface area contributed by atoms with E-state index < -0.39 is 0 Å². The maximum atomic E-state index is 12.1. The van der Waals surface area contributed by atoms with Crippen molar-refractivity contribution in [3.63, 3.8) is 0 Å². The number of hydrogen-bond acceptors (Lipinski definition) is 3. The molecule has 0 unspecified atom stereocenters. The molecule has 0 atom stereocenters.